The lowest BCUT2D eigenvalue weighted by Gasteiger charge is -2.14. The molecule has 0 saturated carbocycles. The molecular formula is C16H13ClN4O5S. The molecule has 0 aliphatic rings. The molecule has 0 N–H and O–H groups in total. The Balaban J connectivity index is 1.80. The van der Waals surface area contributed by atoms with Gasteiger partial charge >= 0.3 is 0 Å². The van der Waals surface area contributed by atoms with Gasteiger partial charge in [0.05, 0.1) is 16.4 Å². The van der Waals surface area contributed by atoms with Gasteiger partial charge < -0.3 is 4.52 Å². The number of nitro benzene ring substituents is 1. The predicted octanol–water partition coefficient (Wildman–Crippen LogP) is 3.12. The number of benzene rings is 2. The predicted molar refractivity (Wildman–Crippen MR) is 96.5 cm³/mol. The second kappa shape index (κ2) is 7.43. The number of aromatic nitrogens is 2. The Hall–Kier alpha value is -2.82. The van der Waals surface area contributed by atoms with Crippen molar-refractivity contribution in [1.82, 2.24) is 14.4 Å². The summed E-state index contributed by atoms with van der Waals surface area (Å²) >= 11 is 5.78. The Morgan fingerprint density at radius 2 is 1.93 bits per heavy atom. The smallest absolute Gasteiger partial charge is 0.270 e. The van der Waals surface area contributed by atoms with Crippen molar-refractivity contribution >= 4 is 27.3 Å². The van der Waals surface area contributed by atoms with Crippen molar-refractivity contribution in [3.63, 3.8) is 0 Å². The normalized spacial score (nSPS) is 11.7. The van der Waals surface area contributed by atoms with Crippen LogP contribution in [0.2, 0.25) is 5.02 Å². The largest absolute Gasteiger partial charge is 0.338 e. The monoisotopic (exact) mass is 408 g/mol. The molecule has 0 amide bonds. The fourth-order valence-corrected chi connectivity index (χ4v) is 3.50. The molecule has 0 spiro atoms. The van der Waals surface area contributed by atoms with Gasteiger partial charge in [-0.3, -0.25) is 10.1 Å². The lowest BCUT2D eigenvalue weighted by Crippen LogP contribution is -2.26. The molecule has 0 atom stereocenters. The highest BCUT2D eigenvalue weighted by Gasteiger charge is 2.23. The number of hydrogen-bond acceptors (Lipinski definition) is 7. The minimum absolute atomic E-state index is 0.0524. The summed E-state index contributed by atoms with van der Waals surface area (Å²) < 4.78 is 31.3. The number of rotatable bonds is 6. The van der Waals surface area contributed by atoms with E-state index in [2.05, 4.69) is 10.1 Å². The second-order valence-electron chi connectivity index (χ2n) is 5.53. The van der Waals surface area contributed by atoms with Gasteiger partial charge in [-0.25, -0.2) is 8.42 Å². The average molecular weight is 409 g/mol. The summed E-state index contributed by atoms with van der Waals surface area (Å²) in [5.41, 5.74) is 0.281. The zero-order valence-corrected chi connectivity index (χ0v) is 15.5. The number of sulfonamides is 1. The first kappa shape index (κ1) is 19.0. The fourth-order valence-electron chi connectivity index (χ4n) is 2.26. The Morgan fingerprint density at radius 3 is 2.59 bits per heavy atom. The molecule has 140 valence electrons. The van der Waals surface area contributed by atoms with E-state index in [0.717, 1.165) is 4.31 Å². The molecule has 1 heterocycles. The zero-order valence-electron chi connectivity index (χ0n) is 13.9. The van der Waals surface area contributed by atoms with Crippen LogP contribution in [0, 0.1) is 10.1 Å². The molecule has 0 saturated heterocycles. The third-order valence-corrected chi connectivity index (χ3v) is 5.73. The molecule has 3 aromatic rings. The molecule has 27 heavy (non-hydrogen) atoms. The van der Waals surface area contributed by atoms with Gasteiger partial charge in [0.1, 0.15) is 0 Å². The van der Waals surface area contributed by atoms with Crippen LogP contribution in [0.1, 0.15) is 5.89 Å². The van der Waals surface area contributed by atoms with Crippen LogP contribution in [0.15, 0.2) is 57.9 Å². The van der Waals surface area contributed by atoms with Crippen molar-refractivity contribution in [2.75, 3.05) is 7.05 Å². The quantitative estimate of drug-likeness (QED) is 0.454. The maximum absolute atomic E-state index is 12.6. The molecule has 0 aliphatic heterocycles. The minimum atomic E-state index is -3.77. The van der Waals surface area contributed by atoms with E-state index in [4.69, 9.17) is 16.1 Å². The highest BCUT2D eigenvalue weighted by atomic mass is 35.5. The van der Waals surface area contributed by atoms with E-state index in [1.807, 2.05) is 0 Å². The highest BCUT2D eigenvalue weighted by Crippen LogP contribution is 2.23. The average Bonchev–Trinajstić information content (AvgIpc) is 3.10. The van der Waals surface area contributed by atoms with E-state index in [1.54, 1.807) is 6.07 Å². The van der Waals surface area contributed by atoms with Crippen molar-refractivity contribution in [2.45, 2.75) is 11.4 Å². The van der Waals surface area contributed by atoms with Crippen molar-refractivity contribution < 1.29 is 17.9 Å². The number of nitrogens with zero attached hydrogens (tertiary/aromatic N) is 4. The molecule has 3 rings (SSSR count). The molecule has 11 heteroatoms. The maximum atomic E-state index is 12.6. The summed E-state index contributed by atoms with van der Waals surface area (Å²) in [6.45, 7) is -0.160. The Labute approximate surface area is 159 Å². The third-order valence-electron chi connectivity index (χ3n) is 3.66. The van der Waals surface area contributed by atoms with Crippen molar-refractivity contribution in [3.8, 4) is 11.4 Å². The van der Waals surface area contributed by atoms with E-state index in [0.29, 0.717) is 10.6 Å². The van der Waals surface area contributed by atoms with Gasteiger partial charge in [0.25, 0.3) is 5.69 Å². The van der Waals surface area contributed by atoms with Crippen LogP contribution in [0.25, 0.3) is 11.4 Å². The topological polar surface area (TPSA) is 119 Å². The molecule has 0 fully saturated rings. The molecule has 0 aliphatic carbocycles. The van der Waals surface area contributed by atoms with Gasteiger partial charge in [-0.2, -0.15) is 9.29 Å². The first-order chi connectivity index (χ1) is 12.8. The Bertz CT molecular complexity index is 1080. The molecule has 2 aromatic carbocycles. The first-order valence-electron chi connectivity index (χ1n) is 7.57. The molecule has 0 radical (unpaired) electrons. The minimum Gasteiger partial charge on any atom is -0.338 e. The SMILES string of the molecule is CN(Cc1nc(-c2cccc([N+](=O)[O-])c2)no1)S(=O)(=O)c1ccc(Cl)cc1. The second-order valence-corrected chi connectivity index (χ2v) is 8.02. The van der Waals surface area contributed by atoms with Crippen LogP contribution in [0.3, 0.4) is 0 Å². The Morgan fingerprint density at radius 1 is 1.22 bits per heavy atom. The van der Waals surface area contributed by atoms with E-state index in [9.17, 15) is 18.5 Å². The summed E-state index contributed by atoms with van der Waals surface area (Å²) in [6.07, 6.45) is 0. The molecule has 9 nitrogen and oxygen atoms in total. The molecule has 0 unspecified atom stereocenters. The Kier molecular flexibility index (Phi) is 5.22. The molecular weight excluding hydrogens is 396 g/mol. The summed E-state index contributed by atoms with van der Waals surface area (Å²) in [6, 6.07) is 11.5. The summed E-state index contributed by atoms with van der Waals surface area (Å²) in [5.74, 6) is 0.183. The van der Waals surface area contributed by atoms with E-state index >= 15 is 0 Å². The van der Waals surface area contributed by atoms with Gasteiger partial charge in [-0.1, -0.05) is 28.9 Å². The first-order valence-corrected chi connectivity index (χ1v) is 9.38. The van der Waals surface area contributed by atoms with Crippen molar-refractivity contribution in [3.05, 3.63) is 69.6 Å². The third kappa shape index (κ3) is 4.13. The number of hydrogen-bond donors (Lipinski definition) is 0. The summed E-state index contributed by atoms with van der Waals surface area (Å²) in [4.78, 5) is 14.5. The van der Waals surface area contributed by atoms with Crippen LogP contribution in [0.4, 0.5) is 5.69 Å². The maximum Gasteiger partial charge on any atom is 0.270 e. The van der Waals surface area contributed by atoms with Crippen LogP contribution in [0.5, 0.6) is 0 Å². The van der Waals surface area contributed by atoms with E-state index < -0.39 is 14.9 Å². The van der Waals surface area contributed by atoms with Gasteiger partial charge in [-0.15, -0.1) is 0 Å². The lowest BCUT2D eigenvalue weighted by molar-refractivity contribution is -0.384. The van der Waals surface area contributed by atoms with Gasteiger partial charge in [0.15, 0.2) is 0 Å². The van der Waals surface area contributed by atoms with Gasteiger partial charge in [-0.05, 0) is 24.3 Å². The zero-order chi connectivity index (χ0) is 19.6. The van der Waals surface area contributed by atoms with Gasteiger partial charge in [0.2, 0.25) is 21.7 Å². The van der Waals surface area contributed by atoms with Crippen molar-refractivity contribution in [1.29, 1.82) is 0 Å². The molecule has 1 aromatic heterocycles. The van der Waals surface area contributed by atoms with E-state index in [1.165, 1.54) is 49.5 Å². The number of halogens is 1. The molecule has 0 bridgehead atoms. The summed E-state index contributed by atoms with van der Waals surface area (Å²) in [7, 11) is -2.39. The van der Waals surface area contributed by atoms with Crippen LogP contribution in [-0.2, 0) is 16.6 Å². The lowest BCUT2D eigenvalue weighted by atomic mass is 10.2. The van der Waals surface area contributed by atoms with Gasteiger partial charge in [0, 0.05) is 29.8 Å². The summed E-state index contributed by atoms with van der Waals surface area (Å²) in [5, 5.41) is 15.0. The van der Waals surface area contributed by atoms with E-state index in [-0.39, 0.29) is 28.8 Å². The highest BCUT2D eigenvalue weighted by molar-refractivity contribution is 7.89. The van der Waals surface area contributed by atoms with Crippen LogP contribution in [-0.4, -0.2) is 34.8 Å². The standard InChI is InChI=1S/C16H13ClN4O5S/c1-20(27(24,25)14-7-5-12(17)6-8-14)10-15-18-16(19-26-15)11-3-2-4-13(9-11)21(22)23/h2-9H,10H2,1H3. The van der Waals surface area contributed by atoms with Crippen LogP contribution >= 0.6 is 11.6 Å². The van der Waals surface area contributed by atoms with Crippen LogP contribution < -0.4 is 0 Å². The number of non-ortho nitro benzene ring substituents is 1. The number of nitro groups is 1. The van der Waals surface area contributed by atoms with Crippen molar-refractivity contribution in [2.24, 2.45) is 0 Å². The fraction of sp³-hybridized carbons (Fsp3) is 0.125.